The third-order valence-electron chi connectivity index (χ3n) is 4.89. The third kappa shape index (κ3) is 2.79. The van der Waals surface area contributed by atoms with Gasteiger partial charge in [-0.2, -0.15) is 0 Å². The van der Waals surface area contributed by atoms with Crippen LogP contribution in [0.1, 0.15) is 47.5 Å². The van der Waals surface area contributed by atoms with E-state index in [1.807, 2.05) is 0 Å². The molecule has 1 amide bonds. The van der Waals surface area contributed by atoms with Gasteiger partial charge in [0.1, 0.15) is 0 Å². The zero-order valence-corrected chi connectivity index (χ0v) is 13.1. The predicted octanol–water partition coefficient (Wildman–Crippen LogP) is 1.46. The van der Waals surface area contributed by atoms with Gasteiger partial charge in [-0.25, -0.2) is 0 Å². The van der Waals surface area contributed by atoms with Crippen LogP contribution in [0, 0.1) is 0 Å². The van der Waals surface area contributed by atoms with Crippen molar-refractivity contribution in [1.29, 1.82) is 0 Å². The van der Waals surface area contributed by atoms with Crippen LogP contribution in [0.4, 0.5) is 0 Å². The Morgan fingerprint density at radius 3 is 2.37 bits per heavy atom. The summed E-state index contributed by atoms with van der Waals surface area (Å²) in [6.45, 7) is 13.5. The summed E-state index contributed by atoms with van der Waals surface area (Å²) in [6.07, 6.45) is 2.42. The van der Waals surface area contributed by atoms with E-state index in [9.17, 15) is 4.79 Å². The Morgan fingerprint density at radius 1 is 1.26 bits per heavy atom. The average molecular weight is 267 g/mol. The van der Waals surface area contributed by atoms with E-state index in [-0.39, 0.29) is 11.6 Å². The van der Waals surface area contributed by atoms with Gasteiger partial charge >= 0.3 is 0 Å². The van der Waals surface area contributed by atoms with Crippen molar-refractivity contribution in [2.24, 2.45) is 0 Å². The van der Waals surface area contributed by atoms with Crippen LogP contribution in [0.3, 0.4) is 0 Å². The molecule has 0 aromatic rings. The Hall–Kier alpha value is -0.610. The highest BCUT2D eigenvalue weighted by atomic mass is 16.2. The Kier molecular flexibility index (Phi) is 4.21. The lowest BCUT2D eigenvalue weighted by atomic mass is 9.98. The fourth-order valence-corrected chi connectivity index (χ4v) is 3.72. The lowest BCUT2D eigenvalue weighted by molar-refractivity contribution is -0.144. The molecule has 2 heterocycles. The van der Waals surface area contributed by atoms with Gasteiger partial charge in [-0.3, -0.25) is 9.69 Å². The standard InChI is InChI=1S/C15H29N3O/c1-11-6-7-12(2)18(11)13(3)14(19)17-9-8-16-10-15(17,4)5/h11-13,16H,6-10H2,1-5H3. The smallest absolute Gasteiger partial charge is 0.240 e. The largest absolute Gasteiger partial charge is 0.334 e. The molecule has 1 N–H and O–H groups in total. The van der Waals surface area contributed by atoms with Gasteiger partial charge in [0, 0.05) is 37.3 Å². The first kappa shape index (κ1) is 14.8. The normalized spacial score (nSPS) is 33.4. The van der Waals surface area contributed by atoms with Crippen molar-refractivity contribution in [3.8, 4) is 0 Å². The van der Waals surface area contributed by atoms with Crippen LogP contribution >= 0.6 is 0 Å². The minimum absolute atomic E-state index is 0.00451. The van der Waals surface area contributed by atoms with Crippen molar-refractivity contribution < 1.29 is 4.79 Å². The fourth-order valence-electron chi connectivity index (χ4n) is 3.72. The Morgan fingerprint density at radius 2 is 1.84 bits per heavy atom. The molecule has 0 spiro atoms. The summed E-state index contributed by atoms with van der Waals surface area (Å²) in [7, 11) is 0. The summed E-state index contributed by atoms with van der Waals surface area (Å²) < 4.78 is 0. The summed E-state index contributed by atoms with van der Waals surface area (Å²) in [5.41, 5.74) is -0.0736. The zero-order valence-electron chi connectivity index (χ0n) is 13.1. The first-order chi connectivity index (χ1) is 8.84. The number of carbonyl (C=O) groups is 1. The quantitative estimate of drug-likeness (QED) is 0.823. The van der Waals surface area contributed by atoms with Crippen LogP contribution in [0.25, 0.3) is 0 Å². The van der Waals surface area contributed by atoms with Crippen molar-refractivity contribution in [2.45, 2.75) is 71.1 Å². The van der Waals surface area contributed by atoms with E-state index in [2.05, 4.69) is 49.7 Å². The number of piperazine rings is 1. The summed E-state index contributed by atoms with van der Waals surface area (Å²) in [4.78, 5) is 17.3. The minimum atomic E-state index is -0.0736. The van der Waals surface area contributed by atoms with Gasteiger partial charge in [0.05, 0.1) is 6.04 Å². The maximum atomic E-state index is 12.8. The molecule has 0 bridgehead atoms. The summed E-state index contributed by atoms with van der Waals surface area (Å²) in [5, 5.41) is 3.38. The lowest BCUT2D eigenvalue weighted by Crippen LogP contribution is -2.63. The zero-order chi connectivity index (χ0) is 14.2. The molecule has 0 aromatic carbocycles. The van der Waals surface area contributed by atoms with Crippen LogP contribution < -0.4 is 5.32 Å². The van der Waals surface area contributed by atoms with E-state index in [0.717, 1.165) is 19.6 Å². The number of carbonyl (C=O) groups excluding carboxylic acids is 1. The number of rotatable bonds is 2. The highest BCUT2D eigenvalue weighted by Gasteiger charge is 2.40. The molecule has 2 rings (SSSR count). The number of amides is 1. The van der Waals surface area contributed by atoms with Gasteiger partial charge in [-0.05, 0) is 47.5 Å². The van der Waals surface area contributed by atoms with Crippen molar-refractivity contribution in [3.63, 3.8) is 0 Å². The second kappa shape index (κ2) is 5.41. The topological polar surface area (TPSA) is 35.6 Å². The molecule has 19 heavy (non-hydrogen) atoms. The number of nitrogens with one attached hydrogen (secondary N) is 1. The van der Waals surface area contributed by atoms with Crippen LogP contribution in [-0.4, -0.2) is 59.0 Å². The SMILES string of the molecule is CC1CCC(C)N1C(C)C(=O)N1CCNCC1(C)C. The van der Waals surface area contributed by atoms with Crippen molar-refractivity contribution in [1.82, 2.24) is 15.1 Å². The number of nitrogens with zero attached hydrogens (tertiary/aromatic N) is 2. The highest BCUT2D eigenvalue weighted by molar-refractivity contribution is 5.82. The van der Waals surface area contributed by atoms with E-state index in [4.69, 9.17) is 0 Å². The van der Waals surface area contributed by atoms with Crippen molar-refractivity contribution >= 4 is 5.91 Å². The maximum Gasteiger partial charge on any atom is 0.240 e. The Balaban J connectivity index is 2.10. The summed E-state index contributed by atoms with van der Waals surface area (Å²) >= 11 is 0. The molecule has 3 unspecified atom stereocenters. The molecule has 2 aliphatic heterocycles. The van der Waals surface area contributed by atoms with E-state index in [1.54, 1.807) is 0 Å². The molecular formula is C15H29N3O. The fraction of sp³-hybridized carbons (Fsp3) is 0.933. The molecule has 2 aliphatic rings. The van der Waals surface area contributed by atoms with E-state index in [1.165, 1.54) is 12.8 Å². The van der Waals surface area contributed by atoms with E-state index in [0.29, 0.717) is 18.0 Å². The molecule has 0 radical (unpaired) electrons. The average Bonchev–Trinajstić information content (AvgIpc) is 2.67. The van der Waals surface area contributed by atoms with E-state index >= 15 is 0 Å². The van der Waals surface area contributed by atoms with Gasteiger partial charge in [0.2, 0.25) is 5.91 Å². The van der Waals surface area contributed by atoms with Gasteiger partial charge in [-0.15, -0.1) is 0 Å². The molecule has 4 nitrogen and oxygen atoms in total. The first-order valence-corrected chi connectivity index (χ1v) is 7.64. The minimum Gasteiger partial charge on any atom is -0.334 e. The molecule has 2 fully saturated rings. The number of likely N-dealkylation sites (tertiary alicyclic amines) is 1. The third-order valence-corrected chi connectivity index (χ3v) is 4.89. The van der Waals surface area contributed by atoms with Gasteiger partial charge in [0.15, 0.2) is 0 Å². The summed E-state index contributed by atoms with van der Waals surface area (Å²) in [5.74, 6) is 0.298. The van der Waals surface area contributed by atoms with Gasteiger partial charge in [-0.1, -0.05) is 0 Å². The molecule has 0 aliphatic carbocycles. The second-order valence-corrected chi connectivity index (χ2v) is 6.88. The molecule has 3 atom stereocenters. The maximum absolute atomic E-state index is 12.8. The highest BCUT2D eigenvalue weighted by Crippen LogP contribution is 2.28. The predicted molar refractivity (Wildman–Crippen MR) is 78.1 cm³/mol. The summed E-state index contributed by atoms with van der Waals surface area (Å²) in [6, 6.07) is 1.06. The van der Waals surface area contributed by atoms with Crippen LogP contribution in [0.5, 0.6) is 0 Å². The van der Waals surface area contributed by atoms with Gasteiger partial charge < -0.3 is 10.2 Å². The molecule has 4 heteroatoms. The Labute approximate surface area is 117 Å². The van der Waals surface area contributed by atoms with Crippen LogP contribution in [-0.2, 0) is 4.79 Å². The lowest BCUT2D eigenvalue weighted by Gasteiger charge is -2.45. The van der Waals surface area contributed by atoms with Crippen LogP contribution in [0.15, 0.2) is 0 Å². The Bertz CT molecular complexity index is 332. The molecule has 110 valence electrons. The van der Waals surface area contributed by atoms with Gasteiger partial charge in [0.25, 0.3) is 0 Å². The molecule has 0 saturated carbocycles. The first-order valence-electron chi connectivity index (χ1n) is 7.64. The molecule has 2 saturated heterocycles. The van der Waals surface area contributed by atoms with Crippen LogP contribution in [0.2, 0.25) is 0 Å². The molecular weight excluding hydrogens is 238 g/mol. The number of hydrogen-bond acceptors (Lipinski definition) is 3. The van der Waals surface area contributed by atoms with Crippen molar-refractivity contribution in [3.05, 3.63) is 0 Å². The monoisotopic (exact) mass is 267 g/mol. The molecule has 0 aromatic heterocycles. The second-order valence-electron chi connectivity index (χ2n) is 6.88. The van der Waals surface area contributed by atoms with Crippen molar-refractivity contribution in [2.75, 3.05) is 19.6 Å². The van der Waals surface area contributed by atoms with E-state index < -0.39 is 0 Å². The number of hydrogen-bond donors (Lipinski definition) is 1.